The second-order valence-electron chi connectivity index (χ2n) is 6.30. The maximum atomic E-state index is 12.0. The molecule has 1 amide bonds. The highest BCUT2D eigenvalue weighted by molar-refractivity contribution is 7.99. The molecule has 29 heavy (non-hydrogen) atoms. The van der Waals surface area contributed by atoms with Gasteiger partial charge < -0.3 is 18.8 Å². The zero-order valence-electron chi connectivity index (χ0n) is 15.8. The first-order valence-electron chi connectivity index (χ1n) is 8.82. The maximum Gasteiger partial charge on any atom is 0.296 e. The van der Waals surface area contributed by atoms with Crippen molar-refractivity contribution in [1.82, 2.24) is 30.2 Å². The molecular formula is C19H18N6O3S. The summed E-state index contributed by atoms with van der Waals surface area (Å²) in [5, 5.41) is 15.6. The highest BCUT2D eigenvalue weighted by Gasteiger charge is 2.19. The molecule has 3 heterocycles. The number of carbonyl (C=O) groups excluding carboxylic acids is 1. The van der Waals surface area contributed by atoms with Crippen LogP contribution in [0, 0.1) is 6.92 Å². The number of aromatic nitrogens is 5. The molecule has 10 heteroatoms. The Morgan fingerprint density at radius 1 is 1.21 bits per heavy atom. The first-order valence-corrected chi connectivity index (χ1v) is 9.81. The third kappa shape index (κ3) is 4.37. The van der Waals surface area contributed by atoms with E-state index in [2.05, 4.69) is 25.7 Å². The summed E-state index contributed by atoms with van der Waals surface area (Å²) in [6, 6.07) is 11.4. The fourth-order valence-corrected chi connectivity index (χ4v) is 3.28. The van der Waals surface area contributed by atoms with E-state index >= 15 is 0 Å². The monoisotopic (exact) mass is 410 g/mol. The van der Waals surface area contributed by atoms with Crippen LogP contribution in [0.4, 0.5) is 0 Å². The van der Waals surface area contributed by atoms with Crippen molar-refractivity contribution in [1.29, 1.82) is 0 Å². The van der Waals surface area contributed by atoms with Crippen LogP contribution in [0.5, 0.6) is 0 Å². The van der Waals surface area contributed by atoms with Crippen LogP contribution in [0.15, 0.2) is 56.8 Å². The number of nitrogens with one attached hydrogen (secondary N) is 1. The molecule has 0 saturated heterocycles. The summed E-state index contributed by atoms with van der Waals surface area (Å²) in [6.07, 6.45) is 1.57. The van der Waals surface area contributed by atoms with Gasteiger partial charge in [0, 0.05) is 12.6 Å². The van der Waals surface area contributed by atoms with E-state index in [-0.39, 0.29) is 17.6 Å². The zero-order valence-corrected chi connectivity index (χ0v) is 16.6. The molecule has 0 aliphatic carbocycles. The molecule has 0 aliphatic heterocycles. The van der Waals surface area contributed by atoms with Gasteiger partial charge in [-0.3, -0.25) is 4.79 Å². The molecule has 0 unspecified atom stereocenters. The van der Waals surface area contributed by atoms with Crippen molar-refractivity contribution in [2.45, 2.75) is 18.6 Å². The number of carbonyl (C=O) groups is 1. The summed E-state index contributed by atoms with van der Waals surface area (Å²) in [6.45, 7) is 2.36. The summed E-state index contributed by atoms with van der Waals surface area (Å²) in [5.74, 6) is 1.96. The predicted octanol–water partition coefficient (Wildman–Crippen LogP) is 2.84. The minimum Gasteiger partial charge on any atom is -0.467 e. The molecule has 1 aromatic carbocycles. The van der Waals surface area contributed by atoms with E-state index in [9.17, 15) is 4.79 Å². The number of hydrogen-bond donors (Lipinski definition) is 1. The number of thioether (sulfide) groups is 1. The number of aryl methyl sites for hydroxylation is 1. The van der Waals surface area contributed by atoms with E-state index in [0.717, 1.165) is 11.1 Å². The molecule has 0 atom stereocenters. The number of hydrogen-bond acceptors (Lipinski definition) is 8. The quantitative estimate of drug-likeness (QED) is 0.463. The SMILES string of the molecule is Cc1ccc(-c2noc(-c3nnc(SCC(=O)NCc4ccco4)n3C)n2)cc1. The first-order chi connectivity index (χ1) is 14.1. The third-order valence-electron chi connectivity index (χ3n) is 4.13. The van der Waals surface area contributed by atoms with Gasteiger partial charge >= 0.3 is 0 Å². The lowest BCUT2D eigenvalue weighted by molar-refractivity contribution is -0.118. The van der Waals surface area contributed by atoms with Crippen LogP contribution in [0.1, 0.15) is 11.3 Å². The fourth-order valence-electron chi connectivity index (χ4n) is 2.54. The lowest BCUT2D eigenvalue weighted by Gasteiger charge is -2.03. The standard InChI is InChI=1S/C19H18N6O3S/c1-12-5-7-13(8-6-12)16-21-18(28-24-16)17-22-23-19(25(17)2)29-11-15(26)20-10-14-4-3-9-27-14/h3-9H,10-11H2,1-2H3,(H,20,26). The fraction of sp³-hybridized carbons (Fsp3) is 0.211. The largest absolute Gasteiger partial charge is 0.467 e. The topological polar surface area (TPSA) is 112 Å². The van der Waals surface area contributed by atoms with Crippen molar-refractivity contribution in [2.75, 3.05) is 5.75 Å². The second-order valence-corrected chi connectivity index (χ2v) is 7.24. The van der Waals surface area contributed by atoms with Gasteiger partial charge in [-0.25, -0.2) is 0 Å². The highest BCUT2D eigenvalue weighted by Crippen LogP contribution is 2.24. The Morgan fingerprint density at radius 3 is 2.79 bits per heavy atom. The molecule has 148 valence electrons. The molecule has 0 radical (unpaired) electrons. The van der Waals surface area contributed by atoms with E-state index in [1.807, 2.05) is 31.2 Å². The van der Waals surface area contributed by atoms with Crippen molar-refractivity contribution >= 4 is 17.7 Å². The molecule has 4 rings (SSSR count). The Hall–Kier alpha value is -3.40. The molecule has 0 saturated carbocycles. The highest BCUT2D eigenvalue weighted by atomic mass is 32.2. The van der Waals surface area contributed by atoms with Crippen LogP contribution in [0.3, 0.4) is 0 Å². The summed E-state index contributed by atoms with van der Waals surface area (Å²) >= 11 is 1.27. The van der Waals surface area contributed by atoms with Gasteiger partial charge in [-0.05, 0) is 19.1 Å². The van der Waals surface area contributed by atoms with E-state index in [4.69, 9.17) is 8.94 Å². The van der Waals surface area contributed by atoms with Crippen molar-refractivity contribution < 1.29 is 13.7 Å². The maximum absolute atomic E-state index is 12.0. The van der Waals surface area contributed by atoms with Crippen molar-refractivity contribution in [2.24, 2.45) is 7.05 Å². The molecule has 0 bridgehead atoms. The lowest BCUT2D eigenvalue weighted by Crippen LogP contribution is -2.24. The van der Waals surface area contributed by atoms with Gasteiger partial charge in [0.1, 0.15) is 5.76 Å². The van der Waals surface area contributed by atoms with Crippen molar-refractivity contribution in [3.05, 3.63) is 54.0 Å². The van der Waals surface area contributed by atoms with Gasteiger partial charge in [-0.1, -0.05) is 46.7 Å². The van der Waals surface area contributed by atoms with Gasteiger partial charge in [-0.15, -0.1) is 10.2 Å². The average Bonchev–Trinajstić information content (AvgIpc) is 3.47. The van der Waals surface area contributed by atoms with E-state index in [0.29, 0.717) is 29.1 Å². The zero-order chi connectivity index (χ0) is 20.2. The van der Waals surface area contributed by atoms with Crippen LogP contribution >= 0.6 is 11.8 Å². The van der Waals surface area contributed by atoms with E-state index in [1.165, 1.54) is 11.8 Å². The Labute approximate surface area is 170 Å². The summed E-state index contributed by atoms with van der Waals surface area (Å²) in [7, 11) is 1.79. The van der Waals surface area contributed by atoms with E-state index in [1.54, 1.807) is 30.0 Å². The molecule has 0 spiro atoms. The van der Waals surface area contributed by atoms with Crippen LogP contribution < -0.4 is 5.32 Å². The van der Waals surface area contributed by atoms with Crippen LogP contribution in [-0.2, 0) is 18.4 Å². The molecule has 0 fully saturated rings. The van der Waals surface area contributed by atoms with Crippen LogP contribution in [0.2, 0.25) is 0 Å². The van der Waals surface area contributed by atoms with Crippen LogP contribution in [-0.4, -0.2) is 36.6 Å². The Morgan fingerprint density at radius 2 is 2.03 bits per heavy atom. The molecule has 4 aromatic rings. The third-order valence-corrected chi connectivity index (χ3v) is 5.15. The number of furan rings is 1. The minimum atomic E-state index is -0.129. The molecule has 9 nitrogen and oxygen atoms in total. The summed E-state index contributed by atoms with van der Waals surface area (Å²) in [4.78, 5) is 16.4. The Bertz CT molecular complexity index is 1100. The van der Waals surface area contributed by atoms with Gasteiger partial charge in [0.2, 0.25) is 17.6 Å². The van der Waals surface area contributed by atoms with Crippen molar-refractivity contribution in [3.63, 3.8) is 0 Å². The predicted molar refractivity (Wildman–Crippen MR) is 106 cm³/mol. The van der Waals surface area contributed by atoms with Gasteiger partial charge in [-0.2, -0.15) is 4.98 Å². The molecule has 0 aliphatic rings. The lowest BCUT2D eigenvalue weighted by atomic mass is 10.1. The normalized spacial score (nSPS) is 11.0. The van der Waals surface area contributed by atoms with Gasteiger partial charge in [0.15, 0.2) is 5.16 Å². The summed E-state index contributed by atoms with van der Waals surface area (Å²) < 4.78 is 12.3. The first kappa shape index (κ1) is 18.9. The minimum absolute atomic E-state index is 0.129. The Kier molecular flexibility index (Phi) is 5.43. The summed E-state index contributed by atoms with van der Waals surface area (Å²) in [5.41, 5.74) is 2.01. The van der Waals surface area contributed by atoms with Crippen LogP contribution in [0.25, 0.3) is 23.1 Å². The number of amides is 1. The molecular weight excluding hydrogens is 392 g/mol. The number of benzene rings is 1. The second kappa shape index (κ2) is 8.31. The molecule has 3 aromatic heterocycles. The number of nitrogens with zero attached hydrogens (tertiary/aromatic N) is 5. The smallest absolute Gasteiger partial charge is 0.296 e. The van der Waals surface area contributed by atoms with Gasteiger partial charge in [0.25, 0.3) is 5.89 Å². The van der Waals surface area contributed by atoms with E-state index < -0.39 is 0 Å². The average molecular weight is 410 g/mol. The number of rotatable bonds is 7. The van der Waals surface area contributed by atoms with Gasteiger partial charge in [0.05, 0.1) is 18.6 Å². The Balaban J connectivity index is 1.39. The molecule has 1 N–H and O–H groups in total. The van der Waals surface area contributed by atoms with Crippen molar-refractivity contribution in [3.8, 4) is 23.1 Å².